The first-order valence-corrected chi connectivity index (χ1v) is 12.7. The molecule has 0 aliphatic carbocycles. The van der Waals surface area contributed by atoms with Gasteiger partial charge in [-0.2, -0.15) is 0 Å². The van der Waals surface area contributed by atoms with E-state index in [2.05, 4.69) is 47.6 Å². The zero-order valence-corrected chi connectivity index (χ0v) is 19.8. The van der Waals surface area contributed by atoms with Gasteiger partial charge in [-0.3, -0.25) is 9.05 Å². The van der Waals surface area contributed by atoms with E-state index < -0.39 is 7.82 Å². The number of nitrogens with one attached hydrogen (secondary N) is 1. The van der Waals surface area contributed by atoms with E-state index in [1.54, 1.807) is 12.5 Å². The lowest BCUT2D eigenvalue weighted by molar-refractivity contribution is 0.110. The summed E-state index contributed by atoms with van der Waals surface area (Å²) in [5.41, 5.74) is 1.59. The maximum Gasteiger partial charge on any atom is 0.472 e. The Morgan fingerprint density at radius 2 is 1.57 bits per heavy atom. The van der Waals surface area contributed by atoms with Gasteiger partial charge in [0.05, 0.1) is 25.7 Å². The minimum atomic E-state index is -3.89. The molecule has 2 unspecified atom stereocenters. The Kier molecular flexibility index (Phi) is 13.8. The Morgan fingerprint density at radius 3 is 2.03 bits per heavy atom. The Morgan fingerprint density at radius 1 is 1.00 bits per heavy atom. The van der Waals surface area contributed by atoms with E-state index in [4.69, 9.17) is 9.05 Å². The highest BCUT2D eigenvalue weighted by Crippen LogP contribution is 2.44. The van der Waals surface area contributed by atoms with Crippen LogP contribution >= 0.6 is 7.82 Å². The van der Waals surface area contributed by atoms with Crippen molar-refractivity contribution < 1.29 is 18.5 Å². The number of rotatable bonds is 14. The fourth-order valence-electron chi connectivity index (χ4n) is 2.92. The van der Waals surface area contributed by atoms with Crippen LogP contribution in [0.1, 0.15) is 79.1 Å². The van der Waals surface area contributed by atoms with Crippen LogP contribution in [-0.4, -0.2) is 38.0 Å². The highest BCUT2D eigenvalue weighted by atomic mass is 31.2. The number of aromatic amines is 1. The summed E-state index contributed by atoms with van der Waals surface area (Å²) >= 11 is 0. The summed E-state index contributed by atoms with van der Waals surface area (Å²) in [5.74, 6) is 0.687. The van der Waals surface area contributed by atoms with Crippen molar-refractivity contribution in [2.24, 2.45) is 11.8 Å². The lowest BCUT2D eigenvalue weighted by Gasteiger charge is -2.20. The molecule has 0 aromatic carbocycles. The molecular weight excluding hydrogens is 403 g/mol. The SMILES string of the molecule is CCCCC(CC)COP(=O)(O)OCC(CC)CCCC.c1ncc2[nH]cnc2n1. The lowest BCUT2D eigenvalue weighted by atomic mass is 10.0. The first kappa shape index (κ1) is 26.7. The quantitative estimate of drug-likeness (QED) is 0.350. The molecule has 0 bridgehead atoms. The first-order chi connectivity index (χ1) is 14.5. The minimum Gasteiger partial charge on any atom is -0.342 e. The number of nitrogens with zero attached hydrogens (tertiary/aromatic N) is 3. The number of unbranched alkanes of at least 4 members (excludes halogenated alkanes) is 2. The number of H-pyrrole nitrogens is 1. The van der Waals surface area contributed by atoms with Gasteiger partial charge in [0.25, 0.3) is 0 Å². The van der Waals surface area contributed by atoms with Crippen LogP contribution in [0.25, 0.3) is 11.2 Å². The van der Waals surface area contributed by atoms with Crippen LogP contribution in [0.4, 0.5) is 0 Å². The molecule has 0 radical (unpaired) electrons. The third-order valence-electron chi connectivity index (χ3n) is 5.13. The van der Waals surface area contributed by atoms with Gasteiger partial charge in [-0.05, 0) is 24.7 Å². The molecule has 0 fully saturated rings. The van der Waals surface area contributed by atoms with Crippen molar-refractivity contribution >= 4 is 19.0 Å². The molecule has 0 amide bonds. The Balaban J connectivity index is 0.000000405. The molecule has 9 heteroatoms. The van der Waals surface area contributed by atoms with Crippen LogP contribution in [0.2, 0.25) is 0 Å². The molecule has 0 saturated heterocycles. The molecular formula is C21H39N4O4P. The van der Waals surface area contributed by atoms with E-state index in [0.29, 0.717) is 30.7 Å². The molecule has 2 rings (SSSR count). The third kappa shape index (κ3) is 11.2. The zero-order valence-electron chi connectivity index (χ0n) is 18.9. The summed E-state index contributed by atoms with van der Waals surface area (Å²) in [4.78, 5) is 24.3. The number of imidazole rings is 1. The summed E-state index contributed by atoms with van der Waals surface area (Å²) in [5, 5.41) is 0. The van der Waals surface area contributed by atoms with Gasteiger partial charge < -0.3 is 9.88 Å². The third-order valence-corrected chi connectivity index (χ3v) is 6.08. The van der Waals surface area contributed by atoms with Crippen molar-refractivity contribution in [2.75, 3.05) is 13.2 Å². The van der Waals surface area contributed by atoms with Crippen LogP contribution in [-0.2, 0) is 13.6 Å². The van der Waals surface area contributed by atoms with Crippen molar-refractivity contribution in [2.45, 2.75) is 79.1 Å². The second-order valence-electron chi connectivity index (χ2n) is 7.56. The zero-order chi connectivity index (χ0) is 22.2. The van der Waals surface area contributed by atoms with Crippen LogP contribution < -0.4 is 0 Å². The molecule has 0 aliphatic heterocycles. The van der Waals surface area contributed by atoms with Gasteiger partial charge in [0, 0.05) is 0 Å². The molecule has 2 aromatic heterocycles. The van der Waals surface area contributed by atoms with Crippen LogP contribution in [0, 0.1) is 11.8 Å². The van der Waals surface area contributed by atoms with Crippen LogP contribution in [0.15, 0.2) is 18.9 Å². The highest BCUT2D eigenvalue weighted by molar-refractivity contribution is 7.47. The fraction of sp³-hybridized carbons (Fsp3) is 0.762. The van der Waals surface area contributed by atoms with Crippen molar-refractivity contribution in [1.29, 1.82) is 0 Å². The number of hydrogen-bond donors (Lipinski definition) is 2. The second kappa shape index (κ2) is 15.5. The van der Waals surface area contributed by atoms with Gasteiger partial charge in [0.15, 0.2) is 5.65 Å². The van der Waals surface area contributed by atoms with E-state index in [1.165, 1.54) is 6.33 Å². The molecule has 2 atom stereocenters. The summed E-state index contributed by atoms with van der Waals surface area (Å²) in [6, 6.07) is 0. The summed E-state index contributed by atoms with van der Waals surface area (Å²) in [6.07, 6.45) is 13.3. The van der Waals surface area contributed by atoms with Gasteiger partial charge >= 0.3 is 7.82 Å². The van der Waals surface area contributed by atoms with Gasteiger partial charge in [-0.15, -0.1) is 0 Å². The second-order valence-corrected chi connectivity index (χ2v) is 9.01. The molecule has 172 valence electrons. The monoisotopic (exact) mass is 442 g/mol. The van der Waals surface area contributed by atoms with Crippen LogP contribution in [0.5, 0.6) is 0 Å². The van der Waals surface area contributed by atoms with E-state index in [9.17, 15) is 9.46 Å². The molecule has 2 N–H and O–H groups in total. The predicted octanol–water partition coefficient (Wildman–Crippen LogP) is 5.91. The molecule has 2 heterocycles. The maximum atomic E-state index is 11.9. The topological polar surface area (TPSA) is 110 Å². The number of phosphoric ester groups is 1. The Hall–Kier alpha value is -1.34. The first-order valence-electron chi connectivity index (χ1n) is 11.2. The number of aromatic nitrogens is 4. The summed E-state index contributed by atoms with van der Waals surface area (Å²) in [7, 11) is -3.89. The summed E-state index contributed by atoms with van der Waals surface area (Å²) in [6.45, 7) is 9.10. The normalized spacial score (nSPS) is 15.2. The maximum absolute atomic E-state index is 11.9. The van der Waals surface area contributed by atoms with Crippen molar-refractivity contribution in [1.82, 2.24) is 19.9 Å². The van der Waals surface area contributed by atoms with Gasteiger partial charge in [0.2, 0.25) is 0 Å². The smallest absolute Gasteiger partial charge is 0.342 e. The largest absolute Gasteiger partial charge is 0.472 e. The van der Waals surface area contributed by atoms with E-state index in [0.717, 1.165) is 56.9 Å². The number of hydrogen-bond acceptors (Lipinski definition) is 6. The molecule has 0 spiro atoms. The summed E-state index contributed by atoms with van der Waals surface area (Å²) < 4.78 is 22.2. The van der Waals surface area contributed by atoms with E-state index >= 15 is 0 Å². The fourth-order valence-corrected chi connectivity index (χ4v) is 3.80. The average Bonchev–Trinajstić information content (AvgIpc) is 3.23. The van der Waals surface area contributed by atoms with Crippen molar-refractivity contribution in [3.63, 3.8) is 0 Å². The Labute approximate surface area is 180 Å². The van der Waals surface area contributed by atoms with Crippen molar-refractivity contribution in [3.05, 3.63) is 18.9 Å². The number of phosphoric acid groups is 1. The standard InChI is InChI=1S/C16H35O4P.C5H4N4/c1-5-9-11-15(7-3)13-19-21(17,18)20-14-16(8-4)12-10-6-2;1-4-5(8-2-6-1)9-3-7-4/h15-16H,5-14H2,1-4H3,(H,17,18);1-3H,(H,6,7,8,9). The van der Waals surface area contributed by atoms with Crippen molar-refractivity contribution in [3.8, 4) is 0 Å². The van der Waals surface area contributed by atoms with E-state index in [-0.39, 0.29) is 0 Å². The van der Waals surface area contributed by atoms with Gasteiger partial charge in [0.1, 0.15) is 11.8 Å². The molecule has 0 aliphatic rings. The van der Waals surface area contributed by atoms with Gasteiger partial charge in [-0.1, -0.05) is 66.2 Å². The minimum absolute atomic E-state index is 0.316. The Bertz CT molecular complexity index is 674. The molecule has 30 heavy (non-hydrogen) atoms. The highest BCUT2D eigenvalue weighted by Gasteiger charge is 2.24. The van der Waals surface area contributed by atoms with E-state index in [1.807, 2.05) is 0 Å². The molecule has 8 nitrogen and oxygen atoms in total. The van der Waals surface area contributed by atoms with Crippen LogP contribution in [0.3, 0.4) is 0 Å². The molecule has 2 aromatic rings. The number of fused-ring (bicyclic) bond motifs is 1. The predicted molar refractivity (Wildman–Crippen MR) is 120 cm³/mol. The molecule has 0 saturated carbocycles. The van der Waals surface area contributed by atoms with Gasteiger partial charge in [-0.25, -0.2) is 19.5 Å². The lowest BCUT2D eigenvalue weighted by Crippen LogP contribution is -2.12. The average molecular weight is 443 g/mol.